The molecule has 1 N–H and O–H groups in total. The van der Waals surface area contributed by atoms with E-state index in [0.717, 1.165) is 40.7 Å². The minimum Gasteiger partial charge on any atom is -0.497 e. The monoisotopic (exact) mass is 456 g/mol. The second kappa shape index (κ2) is 10.2. The molecule has 0 unspecified atom stereocenters. The Bertz CT molecular complexity index is 1030. The van der Waals surface area contributed by atoms with Crippen molar-refractivity contribution in [3.8, 4) is 17.1 Å². The predicted molar refractivity (Wildman–Crippen MR) is 124 cm³/mol. The summed E-state index contributed by atoms with van der Waals surface area (Å²) in [7, 11) is 1.63. The zero-order valence-corrected chi connectivity index (χ0v) is 19.0. The van der Waals surface area contributed by atoms with Gasteiger partial charge in [-0.1, -0.05) is 60.5 Å². The molecule has 162 valence electrons. The predicted octanol–water partition coefficient (Wildman–Crippen LogP) is 5.13. The van der Waals surface area contributed by atoms with Gasteiger partial charge in [0.25, 0.3) is 0 Å². The maximum Gasteiger partial charge on any atom is 0.230 e. The molecule has 0 bridgehead atoms. The highest BCUT2D eigenvalue weighted by Gasteiger charge is 2.26. The van der Waals surface area contributed by atoms with E-state index in [4.69, 9.17) is 16.3 Å². The van der Waals surface area contributed by atoms with E-state index < -0.39 is 0 Å². The van der Waals surface area contributed by atoms with Crippen LogP contribution in [0, 0.1) is 0 Å². The standard InChI is InChI=1S/C23H25ClN4O2S/c1-30-18-12-10-16(11-13-18)14-25-21(29)15-31-23-27-26-22(19-8-4-5-9-20(19)24)28(23)17-6-2-3-7-17/h4-5,8-13,17H,2-3,6-7,14-15H2,1H3,(H,25,29). The largest absolute Gasteiger partial charge is 0.497 e. The molecule has 0 spiro atoms. The third-order valence-corrected chi connectivity index (χ3v) is 6.72. The second-order valence-electron chi connectivity index (χ2n) is 7.51. The number of benzene rings is 2. The fraction of sp³-hybridized carbons (Fsp3) is 0.348. The molecule has 6 nitrogen and oxygen atoms in total. The molecule has 1 aliphatic carbocycles. The highest BCUT2D eigenvalue weighted by molar-refractivity contribution is 7.99. The third-order valence-electron chi connectivity index (χ3n) is 5.45. The Morgan fingerprint density at radius 2 is 1.90 bits per heavy atom. The molecule has 1 heterocycles. The van der Waals surface area contributed by atoms with Crippen molar-refractivity contribution in [1.82, 2.24) is 20.1 Å². The molecule has 1 aromatic heterocycles. The molecule has 8 heteroatoms. The highest BCUT2D eigenvalue weighted by atomic mass is 35.5. The Kier molecular flexibility index (Phi) is 7.14. The van der Waals surface area contributed by atoms with Crippen molar-refractivity contribution in [2.75, 3.05) is 12.9 Å². The van der Waals surface area contributed by atoms with Crippen molar-refractivity contribution in [2.45, 2.75) is 43.4 Å². The summed E-state index contributed by atoms with van der Waals surface area (Å²) >= 11 is 7.85. The van der Waals surface area contributed by atoms with Crippen molar-refractivity contribution in [3.63, 3.8) is 0 Å². The second-order valence-corrected chi connectivity index (χ2v) is 8.86. The summed E-state index contributed by atoms with van der Waals surface area (Å²) in [5, 5.41) is 13.2. The SMILES string of the molecule is COc1ccc(CNC(=O)CSc2nnc(-c3ccccc3Cl)n2C2CCCC2)cc1. The summed E-state index contributed by atoms with van der Waals surface area (Å²) in [6.07, 6.45) is 4.56. The van der Waals surface area contributed by atoms with Gasteiger partial charge in [-0.25, -0.2) is 0 Å². The first kappa shape index (κ1) is 21.7. The van der Waals surface area contributed by atoms with Crippen LogP contribution in [0.3, 0.4) is 0 Å². The molecular weight excluding hydrogens is 432 g/mol. The molecule has 0 radical (unpaired) electrons. The van der Waals surface area contributed by atoms with Gasteiger partial charge in [-0.05, 0) is 42.7 Å². The normalized spacial score (nSPS) is 14.0. The van der Waals surface area contributed by atoms with Crippen molar-refractivity contribution in [2.24, 2.45) is 0 Å². The number of aromatic nitrogens is 3. The molecule has 1 amide bonds. The zero-order chi connectivity index (χ0) is 21.6. The smallest absolute Gasteiger partial charge is 0.230 e. The number of amides is 1. The number of nitrogens with one attached hydrogen (secondary N) is 1. The number of carbonyl (C=O) groups is 1. The molecule has 1 fully saturated rings. The minimum atomic E-state index is -0.0407. The lowest BCUT2D eigenvalue weighted by molar-refractivity contribution is -0.118. The number of halogens is 1. The van der Waals surface area contributed by atoms with Crippen molar-refractivity contribution >= 4 is 29.3 Å². The van der Waals surface area contributed by atoms with Crippen LogP contribution in [0.25, 0.3) is 11.4 Å². The molecule has 1 saturated carbocycles. The summed E-state index contributed by atoms with van der Waals surface area (Å²) in [4.78, 5) is 12.4. The fourth-order valence-electron chi connectivity index (χ4n) is 3.82. The number of methoxy groups -OCH3 is 1. The van der Waals surface area contributed by atoms with Gasteiger partial charge in [0.2, 0.25) is 5.91 Å². The highest BCUT2D eigenvalue weighted by Crippen LogP contribution is 2.38. The molecule has 4 rings (SSSR count). The van der Waals surface area contributed by atoms with E-state index in [2.05, 4.69) is 20.1 Å². The van der Waals surface area contributed by atoms with Gasteiger partial charge in [-0.2, -0.15) is 0 Å². The number of ether oxygens (including phenoxy) is 1. The van der Waals surface area contributed by atoms with E-state index in [0.29, 0.717) is 17.6 Å². The van der Waals surface area contributed by atoms with E-state index in [1.165, 1.54) is 24.6 Å². The topological polar surface area (TPSA) is 69.0 Å². The number of rotatable bonds is 8. The van der Waals surface area contributed by atoms with Crippen LogP contribution in [0.4, 0.5) is 0 Å². The summed E-state index contributed by atoms with van der Waals surface area (Å²) < 4.78 is 7.34. The number of nitrogens with zero attached hydrogens (tertiary/aromatic N) is 3. The van der Waals surface area contributed by atoms with Gasteiger partial charge in [0, 0.05) is 18.2 Å². The Balaban J connectivity index is 1.44. The van der Waals surface area contributed by atoms with Crippen LogP contribution in [0.1, 0.15) is 37.3 Å². The van der Waals surface area contributed by atoms with E-state index in [-0.39, 0.29) is 11.7 Å². The Morgan fingerprint density at radius 3 is 2.61 bits per heavy atom. The van der Waals surface area contributed by atoms with Gasteiger partial charge in [0.15, 0.2) is 11.0 Å². The molecule has 0 aliphatic heterocycles. The first-order valence-corrected chi connectivity index (χ1v) is 11.7. The molecule has 3 aromatic rings. The first-order valence-electron chi connectivity index (χ1n) is 10.4. The van der Waals surface area contributed by atoms with Crippen molar-refractivity contribution in [1.29, 1.82) is 0 Å². The maximum atomic E-state index is 12.4. The lowest BCUT2D eigenvalue weighted by Gasteiger charge is -2.17. The molecule has 1 aliphatic rings. The van der Waals surface area contributed by atoms with Gasteiger partial charge in [-0.15, -0.1) is 10.2 Å². The fourth-order valence-corrected chi connectivity index (χ4v) is 4.87. The summed E-state index contributed by atoms with van der Waals surface area (Å²) in [6, 6.07) is 15.7. The van der Waals surface area contributed by atoms with Crippen LogP contribution >= 0.6 is 23.4 Å². The maximum absolute atomic E-state index is 12.4. The molecule has 0 saturated heterocycles. The van der Waals surface area contributed by atoms with Crippen molar-refractivity contribution in [3.05, 3.63) is 59.1 Å². The van der Waals surface area contributed by atoms with Gasteiger partial charge in [0.1, 0.15) is 5.75 Å². The summed E-state index contributed by atoms with van der Waals surface area (Å²) in [6.45, 7) is 0.476. The van der Waals surface area contributed by atoms with Gasteiger partial charge in [0.05, 0.1) is 17.9 Å². The van der Waals surface area contributed by atoms with Crippen LogP contribution < -0.4 is 10.1 Å². The number of carbonyl (C=O) groups excluding carboxylic acids is 1. The Hall–Kier alpha value is -2.51. The molecule has 2 aromatic carbocycles. The van der Waals surface area contributed by atoms with Crippen LogP contribution in [-0.4, -0.2) is 33.5 Å². The van der Waals surface area contributed by atoms with Crippen molar-refractivity contribution < 1.29 is 9.53 Å². The lowest BCUT2D eigenvalue weighted by Crippen LogP contribution is -2.24. The average molecular weight is 457 g/mol. The number of hydrogen-bond acceptors (Lipinski definition) is 5. The van der Waals surface area contributed by atoms with E-state index in [1.54, 1.807) is 7.11 Å². The first-order chi connectivity index (χ1) is 15.2. The van der Waals surface area contributed by atoms with E-state index in [1.807, 2.05) is 48.5 Å². The Morgan fingerprint density at radius 1 is 1.16 bits per heavy atom. The molecule has 31 heavy (non-hydrogen) atoms. The summed E-state index contributed by atoms with van der Waals surface area (Å²) in [5.74, 6) is 1.81. The van der Waals surface area contributed by atoms with E-state index in [9.17, 15) is 4.79 Å². The third kappa shape index (κ3) is 5.22. The van der Waals surface area contributed by atoms with E-state index >= 15 is 0 Å². The zero-order valence-electron chi connectivity index (χ0n) is 17.4. The number of hydrogen-bond donors (Lipinski definition) is 1. The number of thioether (sulfide) groups is 1. The molecular formula is C23H25ClN4O2S. The average Bonchev–Trinajstić information content (AvgIpc) is 3.46. The minimum absolute atomic E-state index is 0.0407. The van der Waals surface area contributed by atoms with Gasteiger partial charge >= 0.3 is 0 Å². The van der Waals surface area contributed by atoms with Gasteiger partial charge < -0.3 is 10.1 Å². The quantitative estimate of drug-likeness (QED) is 0.476. The van der Waals surface area contributed by atoms with Crippen LogP contribution in [0.15, 0.2) is 53.7 Å². The Labute approximate surface area is 191 Å². The molecule has 0 atom stereocenters. The summed E-state index contributed by atoms with van der Waals surface area (Å²) in [5.41, 5.74) is 1.90. The van der Waals surface area contributed by atoms with Crippen LogP contribution in [0.2, 0.25) is 5.02 Å². The lowest BCUT2D eigenvalue weighted by atomic mass is 10.2. The van der Waals surface area contributed by atoms with Crippen LogP contribution in [0.5, 0.6) is 5.75 Å². The van der Waals surface area contributed by atoms with Crippen LogP contribution in [-0.2, 0) is 11.3 Å². The van der Waals surface area contributed by atoms with Gasteiger partial charge in [-0.3, -0.25) is 9.36 Å².